The van der Waals surface area contributed by atoms with E-state index in [9.17, 15) is 8.42 Å². The van der Waals surface area contributed by atoms with Gasteiger partial charge in [-0.3, -0.25) is 0 Å². The molecule has 3 rings (SSSR count). The maximum absolute atomic E-state index is 12.5. The van der Waals surface area contributed by atoms with Crippen LogP contribution in [0, 0.1) is 0 Å². The summed E-state index contributed by atoms with van der Waals surface area (Å²) in [5.41, 5.74) is 0.666. The van der Waals surface area contributed by atoms with Gasteiger partial charge in [0.25, 0.3) is 10.0 Å². The lowest BCUT2D eigenvalue weighted by Gasteiger charge is -2.07. The summed E-state index contributed by atoms with van der Waals surface area (Å²) in [6, 6.07) is 6.58. The quantitative estimate of drug-likeness (QED) is 0.537. The monoisotopic (exact) mass is 436 g/mol. The highest BCUT2D eigenvalue weighted by Gasteiger charge is 2.18. The van der Waals surface area contributed by atoms with Crippen molar-refractivity contribution in [3.8, 4) is 0 Å². The average molecular weight is 437 g/mol. The summed E-state index contributed by atoms with van der Waals surface area (Å²) in [5.74, 6) is 0. The van der Waals surface area contributed by atoms with Crippen molar-refractivity contribution in [2.45, 2.75) is 17.7 Å². The fraction of sp³-hybridized carbons (Fsp3) is 0.267. The Hall–Kier alpha value is -0.900. The minimum Gasteiger partial charge on any atom is -0.380 e. The number of thiophene rings is 1. The van der Waals surface area contributed by atoms with Gasteiger partial charge in [-0.2, -0.15) is 8.42 Å². The SMILES string of the molecule is CCOCCn1c(=NS(=O)(=O)c2cccs2)sc2c(Cl)ccc(Cl)c21. The van der Waals surface area contributed by atoms with Gasteiger partial charge in [-0.05, 0) is 30.5 Å². The van der Waals surface area contributed by atoms with Crippen LogP contribution < -0.4 is 4.80 Å². The molecule has 2 aromatic heterocycles. The molecule has 0 aliphatic carbocycles. The van der Waals surface area contributed by atoms with E-state index in [0.29, 0.717) is 44.8 Å². The molecule has 0 radical (unpaired) electrons. The molecule has 0 saturated heterocycles. The highest BCUT2D eigenvalue weighted by molar-refractivity contribution is 7.92. The Bertz CT molecular complexity index is 1050. The van der Waals surface area contributed by atoms with E-state index in [1.54, 1.807) is 28.1 Å². The summed E-state index contributed by atoms with van der Waals surface area (Å²) < 4.78 is 37.1. The third-order valence-electron chi connectivity index (χ3n) is 3.34. The molecule has 25 heavy (non-hydrogen) atoms. The average Bonchev–Trinajstić information content (AvgIpc) is 3.21. The zero-order valence-electron chi connectivity index (χ0n) is 13.1. The van der Waals surface area contributed by atoms with Crippen LogP contribution in [0.1, 0.15) is 6.92 Å². The largest absolute Gasteiger partial charge is 0.380 e. The van der Waals surface area contributed by atoms with Gasteiger partial charge in [0.05, 0.1) is 26.9 Å². The van der Waals surface area contributed by atoms with Crippen molar-refractivity contribution in [2.75, 3.05) is 13.2 Å². The first-order valence-corrected chi connectivity index (χ1v) is 11.2. The molecule has 0 amide bonds. The molecule has 0 spiro atoms. The Morgan fingerprint density at radius 1 is 1.24 bits per heavy atom. The number of sulfonamides is 1. The number of fused-ring (bicyclic) bond motifs is 1. The molecule has 0 bridgehead atoms. The molecule has 0 saturated carbocycles. The van der Waals surface area contributed by atoms with Gasteiger partial charge in [0.2, 0.25) is 4.80 Å². The van der Waals surface area contributed by atoms with Gasteiger partial charge in [-0.1, -0.05) is 40.6 Å². The lowest BCUT2D eigenvalue weighted by atomic mass is 10.3. The van der Waals surface area contributed by atoms with Crippen LogP contribution in [-0.4, -0.2) is 26.2 Å². The Morgan fingerprint density at radius 3 is 2.68 bits per heavy atom. The second-order valence-corrected chi connectivity index (χ2v) is 9.51. The topological polar surface area (TPSA) is 60.7 Å². The number of hydrogen-bond donors (Lipinski definition) is 0. The number of aromatic nitrogens is 1. The maximum atomic E-state index is 12.5. The smallest absolute Gasteiger partial charge is 0.294 e. The molecule has 10 heteroatoms. The van der Waals surface area contributed by atoms with E-state index in [1.165, 1.54) is 17.4 Å². The summed E-state index contributed by atoms with van der Waals surface area (Å²) in [6.07, 6.45) is 0. The predicted molar refractivity (Wildman–Crippen MR) is 103 cm³/mol. The van der Waals surface area contributed by atoms with Crippen LogP contribution >= 0.6 is 45.9 Å². The molecule has 0 unspecified atom stereocenters. The first-order chi connectivity index (χ1) is 11.9. The van der Waals surface area contributed by atoms with Gasteiger partial charge in [0, 0.05) is 13.2 Å². The predicted octanol–water partition coefficient (Wildman–Crippen LogP) is 4.40. The van der Waals surface area contributed by atoms with E-state index in [-0.39, 0.29) is 4.21 Å². The molecular weight excluding hydrogens is 423 g/mol. The summed E-state index contributed by atoms with van der Waals surface area (Å²) in [7, 11) is -3.79. The summed E-state index contributed by atoms with van der Waals surface area (Å²) >= 11 is 14.9. The van der Waals surface area contributed by atoms with Gasteiger partial charge < -0.3 is 9.30 Å². The van der Waals surface area contributed by atoms with Gasteiger partial charge in [0.1, 0.15) is 4.21 Å². The van der Waals surface area contributed by atoms with Crippen molar-refractivity contribution in [3.05, 3.63) is 44.5 Å². The van der Waals surface area contributed by atoms with Crippen molar-refractivity contribution < 1.29 is 13.2 Å². The Morgan fingerprint density at radius 2 is 2.00 bits per heavy atom. The van der Waals surface area contributed by atoms with Crippen LogP contribution in [0.4, 0.5) is 0 Å². The number of hydrogen-bond acceptors (Lipinski definition) is 5. The minimum absolute atomic E-state index is 0.193. The molecular formula is C15H14Cl2N2O3S3. The molecule has 1 aromatic carbocycles. The van der Waals surface area contributed by atoms with Gasteiger partial charge in [-0.25, -0.2) is 0 Å². The molecule has 0 aliphatic heterocycles. The second kappa shape index (κ2) is 7.77. The van der Waals surface area contributed by atoms with Crippen molar-refractivity contribution in [1.29, 1.82) is 0 Å². The number of thiazole rings is 1. The molecule has 3 aromatic rings. The van der Waals surface area contributed by atoms with Crippen LogP contribution in [0.3, 0.4) is 0 Å². The number of halogens is 2. The Balaban J connectivity index is 2.23. The molecule has 5 nitrogen and oxygen atoms in total. The zero-order chi connectivity index (χ0) is 18.0. The number of rotatable bonds is 6. The lowest BCUT2D eigenvalue weighted by molar-refractivity contribution is 0.139. The highest BCUT2D eigenvalue weighted by atomic mass is 35.5. The third kappa shape index (κ3) is 3.94. The second-order valence-electron chi connectivity index (χ2n) is 4.94. The first-order valence-electron chi connectivity index (χ1n) is 7.33. The van der Waals surface area contributed by atoms with Gasteiger partial charge in [-0.15, -0.1) is 15.7 Å². The van der Waals surface area contributed by atoms with Crippen molar-refractivity contribution >= 4 is 66.1 Å². The maximum Gasteiger partial charge on any atom is 0.294 e. The van der Waals surface area contributed by atoms with Crippen LogP contribution in [-0.2, 0) is 21.3 Å². The molecule has 0 fully saturated rings. The summed E-state index contributed by atoms with van der Waals surface area (Å²) in [4.78, 5) is 0.318. The minimum atomic E-state index is -3.79. The summed E-state index contributed by atoms with van der Waals surface area (Å²) in [6.45, 7) is 3.30. The van der Waals surface area contributed by atoms with E-state index >= 15 is 0 Å². The molecule has 0 aliphatic rings. The lowest BCUT2D eigenvalue weighted by Crippen LogP contribution is -2.19. The van der Waals surface area contributed by atoms with E-state index < -0.39 is 10.0 Å². The zero-order valence-corrected chi connectivity index (χ0v) is 17.1. The highest BCUT2D eigenvalue weighted by Crippen LogP contribution is 2.32. The number of nitrogens with zero attached hydrogens (tertiary/aromatic N) is 2. The molecule has 134 valence electrons. The van der Waals surface area contributed by atoms with E-state index in [4.69, 9.17) is 27.9 Å². The van der Waals surface area contributed by atoms with Crippen LogP contribution in [0.15, 0.2) is 38.3 Å². The van der Waals surface area contributed by atoms with Crippen molar-refractivity contribution in [1.82, 2.24) is 4.57 Å². The van der Waals surface area contributed by atoms with Gasteiger partial charge >= 0.3 is 0 Å². The van der Waals surface area contributed by atoms with Crippen LogP contribution in [0.2, 0.25) is 10.0 Å². The Kier molecular flexibility index (Phi) is 5.87. The summed E-state index contributed by atoms with van der Waals surface area (Å²) in [5, 5.41) is 2.69. The van der Waals surface area contributed by atoms with Crippen molar-refractivity contribution in [3.63, 3.8) is 0 Å². The van der Waals surface area contributed by atoms with Crippen molar-refractivity contribution in [2.24, 2.45) is 4.40 Å². The number of benzene rings is 1. The van der Waals surface area contributed by atoms with Crippen LogP contribution in [0.5, 0.6) is 0 Å². The third-order valence-corrected chi connectivity index (χ3v) is 7.94. The van der Waals surface area contributed by atoms with Crippen LogP contribution in [0.25, 0.3) is 10.2 Å². The Labute approximate surface area is 163 Å². The molecule has 0 atom stereocenters. The molecule has 0 N–H and O–H groups in total. The van der Waals surface area contributed by atoms with Gasteiger partial charge in [0.15, 0.2) is 0 Å². The first kappa shape index (κ1) is 18.9. The fourth-order valence-electron chi connectivity index (χ4n) is 2.25. The van der Waals surface area contributed by atoms with E-state index in [0.717, 1.165) is 11.3 Å². The van der Waals surface area contributed by atoms with E-state index in [1.807, 2.05) is 6.92 Å². The fourth-order valence-corrected chi connectivity index (χ4v) is 6.09. The number of ether oxygens (including phenoxy) is 1. The standard InChI is InChI=1S/C15H14Cl2N2O3S3/c1-2-22-8-7-19-13-10(16)5-6-11(17)14(13)24-15(19)18-25(20,21)12-4-3-9-23-12/h3-6,9H,2,7-8H2,1H3. The normalized spacial score (nSPS) is 13.0. The van der Waals surface area contributed by atoms with E-state index in [2.05, 4.69) is 4.40 Å². The molecule has 2 heterocycles.